The Morgan fingerprint density at radius 1 is 1.33 bits per heavy atom. The van der Waals surface area contributed by atoms with Crippen LogP contribution in [0.1, 0.15) is 23.4 Å². The van der Waals surface area contributed by atoms with E-state index in [1.54, 1.807) is 24.6 Å². The number of sulfonamides is 1. The average molecular weight is 364 g/mol. The molecule has 0 N–H and O–H groups in total. The van der Waals surface area contributed by atoms with Gasteiger partial charge in [0.15, 0.2) is 0 Å². The first-order chi connectivity index (χ1) is 9.87. The van der Waals surface area contributed by atoms with Gasteiger partial charge in [0.05, 0.1) is 10.8 Å². The molecular formula is C14H15Cl2NO2S2. The standard InChI is InChI=1S/C14H15Cl2NO2S2/c1-10(13-5-3-4-6-14(13)16)17(2)21(18,19)12-7-11(8-15)20-9-12/h3-7,9-10H,8H2,1-2H3. The molecule has 1 unspecified atom stereocenters. The SMILES string of the molecule is CC(c1ccccc1Cl)N(C)S(=O)(=O)c1csc(CCl)c1. The van der Waals surface area contributed by atoms with Gasteiger partial charge in [0, 0.05) is 28.4 Å². The third-order valence-electron chi connectivity index (χ3n) is 3.34. The Hall–Kier alpha value is -0.590. The number of halogens is 2. The first kappa shape index (κ1) is 16.8. The Labute approximate surface area is 139 Å². The number of thiophene rings is 1. The fraction of sp³-hybridized carbons (Fsp3) is 0.286. The van der Waals surface area contributed by atoms with Crippen LogP contribution in [0.5, 0.6) is 0 Å². The molecule has 0 aliphatic carbocycles. The summed E-state index contributed by atoms with van der Waals surface area (Å²) in [6.07, 6.45) is 0. The molecule has 0 fully saturated rings. The maximum Gasteiger partial charge on any atom is 0.244 e. The molecule has 0 aliphatic rings. The predicted octanol–water partition coefficient (Wildman–Crippen LogP) is 4.52. The van der Waals surface area contributed by atoms with Crippen molar-refractivity contribution in [2.45, 2.75) is 23.7 Å². The minimum Gasteiger partial charge on any atom is -0.207 e. The van der Waals surface area contributed by atoms with Crippen LogP contribution in [-0.4, -0.2) is 19.8 Å². The first-order valence-corrected chi connectivity index (χ1v) is 9.47. The van der Waals surface area contributed by atoms with Crippen molar-refractivity contribution in [1.29, 1.82) is 0 Å². The van der Waals surface area contributed by atoms with Crippen LogP contribution in [0.2, 0.25) is 5.02 Å². The predicted molar refractivity (Wildman–Crippen MR) is 88.7 cm³/mol. The van der Waals surface area contributed by atoms with Gasteiger partial charge in [-0.25, -0.2) is 8.42 Å². The van der Waals surface area contributed by atoms with Gasteiger partial charge in [-0.15, -0.1) is 22.9 Å². The number of benzene rings is 1. The molecule has 0 bridgehead atoms. The monoisotopic (exact) mass is 363 g/mol. The highest BCUT2D eigenvalue weighted by molar-refractivity contribution is 7.89. The summed E-state index contributed by atoms with van der Waals surface area (Å²) in [5.41, 5.74) is 0.776. The van der Waals surface area contributed by atoms with Crippen LogP contribution < -0.4 is 0 Å². The lowest BCUT2D eigenvalue weighted by atomic mass is 10.1. The number of nitrogens with zero attached hydrogens (tertiary/aromatic N) is 1. The summed E-state index contributed by atoms with van der Waals surface area (Å²) in [7, 11) is -2.01. The second-order valence-corrected chi connectivity index (χ2v) is 8.27. The smallest absolute Gasteiger partial charge is 0.207 e. The van der Waals surface area contributed by atoms with Crippen LogP contribution in [-0.2, 0) is 15.9 Å². The fourth-order valence-corrected chi connectivity index (χ4v) is 4.96. The summed E-state index contributed by atoms with van der Waals surface area (Å²) in [6, 6.07) is 8.50. The van der Waals surface area contributed by atoms with Gasteiger partial charge in [0.2, 0.25) is 10.0 Å². The Morgan fingerprint density at radius 2 is 2.00 bits per heavy atom. The molecule has 0 spiro atoms. The summed E-state index contributed by atoms with van der Waals surface area (Å²) in [5.74, 6) is 0.309. The maximum absolute atomic E-state index is 12.6. The van der Waals surface area contributed by atoms with Crippen molar-refractivity contribution in [3.8, 4) is 0 Å². The summed E-state index contributed by atoms with van der Waals surface area (Å²) >= 11 is 13.2. The van der Waals surface area contributed by atoms with Crippen molar-refractivity contribution in [3.05, 3.63) is 51.2 Å². The van der Waals surface area contributed by atoms with Gasteiger partial charge < -0.3 is 0 Å². The quantitative estimate of drug-likeness (QED) is 0.732. The number of hydrogen-bond donors (Lipinski definition) is 0. The molecule has 2 aromatic rings. The Bertz CT molecular complexity index is 728. The Kier molecular flexibility index (Phi) is 5.33. The Morgan fingerprint density at radius 3 is 2.57 bits per heavy atom. The first-order valence-electron chi connectivity index (χ1n) is 6.23. The highest BCUT2D eigenvalue weighted by atomic mass is 35.5. The molecule has 0 amide bonds. The van der Waals surface area contributed by atoms with Gasteiger partial charge in [-0.3, -0.25) is 0 Å². The molecule has 21 heavy (non-hydrogen) atoms. The zero-order valence-electron chi connectivity index (χ0n) is 11.6. The van der Waals surface area contributed by atoms with Crippen molar-refractivity contribution in [2.75, 3.05) is 7.05 Å². The van der Waals surface area contributed by atoms with E-state index in [0.29, 0.717) is 10.9 Å². The van der Waals surface area contributed by atoms with Crippen molar-refractivity contribution in [2.24, 2.45) is 0 Å². The van der Waals surface area contributed by atoms with Crippen LogP contribution in [0.25, 0.3) is 0 Å². The summed E-state index contributed by atoms with van der Waals surface area (Å²) in [6.45, 7) is 1.81. The minimum absolute atomic E-state index is 0.268. The van der Waals surface area contributed by atoms with Crippen LogP contribution >= 0.6 is 34.5 Å². The van der Waals surface area contributed by atoms with E-state index < -0.39 is 10.0 Å². The van der Waals surface area contributed by atoms with Crippen molar-refractivity contribution < 1.29 is 8.42 Å². The van der Waals surface area contributed by atoms with E-state index in [1.165, 1.54) is 15.6 Å². The molecule has 1 heterocycles. The van der Waals surface area contributed by atoms with E-state index in [9.17, 15) is 8.42 Å². The van der Waals surface area contributed by atoms with Crippen molar-refractivity contribution in [3.63, 3.8) is 0 Å². The zero-order chi connectivity index (χ0) is 15.6. The molecule has 2 rings (SSSR count). The maximum atomic E-state index is 12.6. The van der Waals surface area contributed by atoms with Gasteiger partial charge in [-0.1, -0.05) is 29.8 Å². The third kappa shape index (κ3) is 3.43. The van der Waals surface area contributed by atoms with E-state index in [0.717, 1.165) is 10.4 Å². The van der Waals surface area contributed by atoms with E-state index in [-0.39, 0.29) is 10.9 Å². The molecule has 1 atom stereocenters. The highest BCUT2D eigenvalue weighted by Gasteiger charge is 2.28. The fourth-order valence-electron chi connectivity index (χ4n) is 1.95. The molecular weight excluding hydrogens is 349 g/mol. The second-order valence-electron chi connectivity index (χ2n) is 4.60. The minimum atomic E-state index is -3.57. The third-order valence-corrected chi connectivity index (χ3v) is 7.12. The topological polar surface area (TPSA) is 37.4 Å². The number of hydrogen-bond acceptors (Lipinski definition) is 3. The molecule has 1 aromatic carbocycles. The second kappa shape index (κ2) is 6.67. The summed E-state index contributed by atoms with van der Waals surface area (Å²) in [4.78, 5) is 1.10. The van der Waals surface area contributed by atoms with Crippen molar-refractivity contribution >= 4 is 44.6 Å². The zero-order valence-corrected chi connectivity index (χ0v) is 14.7. The molecule has 0 saturated carbocycles. The summed E-state index contributed by atoms with van der Waals surface area (Å²) < 4.78 is 26.6. The molecule has 7 heteroatoms. The van der Waals surface area contributed by atoms with E-state index in [2.05, 4.69) is 0 Å². The van der Waals surface area contributed by atoms with Gasteiger partial charge in [0.25, 0.3) is 0 Å². The Balaban J connectivity index is 2.34. The largest absolute Gasteiger partial charge is 0.244 e. The molecule has 1 aromatic heterocycles. The number of rotatable bonds is 5. The number of alkyl halides is 1. The van der Waals surface area contributed by atoms with Crippen LogP contribution in [0.4, 0.5) is 0 Å². The summed E-state index contributed by atoms with van der Waals surface area (Å²) in [5, 5.41) is 2.17. The average Bonchev–Trinajstić information content (AvgIpc) is 2.96. The molecule has 0 saturated heterocycles. The van der Waals surface area contributed by atoms with Crippen molar-refractivity contribution in [1.82, 2.24) is 4.31 Å². The van der Waals surface area contributed by atoms with E-state index >= 15 is 0 Å². The molecule has 114 valence electrons. The molecule has 0 radical (unpaired) electrons. The van der Waals surface area contributed by atoms with Gasteiger partial charge in [-0.2, -0.15) is 4.31 Å². The van der Waals surface area contributed by atoms with Crippen LogP contribution in [0.15, 0.2) is 40.6 Å². The van der Waals surface area contributed by atoms with Crippen LogP contribution in [0, 0.1) is 0 Å². The van der Waals surface area contributed by atoms with Gasteiger partial charge in [0.1, 0.15) is 0 Å². The lowest BCUT2D eigenvalue weighted by Crippen LogP contribution is -2.29. The van der Waals surface area contributed by atoms with Gasteiger partial charge in [-0.05, 0) is 24.6 Å². The lowest BCUT2D eigenvalue weighted by molar-refractivity contribution is 0.398. The normalized spacial score (nSPS) is 13.6. The van der Waals surface area contributed by atoms with Crippen LogP contribution in [0.3, 0.4) is 0 Å². The van der Waals surface area contributed by atoms with Gasteiger partial charge >= 0.3 is 0 Å². The highest BCUT2D eigenvalue weighted by Crippen LogP contribution is 2.31. The van der Waals surface area contributed by atoms with E-state index in [1.807, 2.05) is 25.1 Å². The van der Waals surface area contributed by atoms with E-state index in [4.69, 9.17) is 23.2 Å². The lowest BCUT2D eigenvalue weighted by Gasteiger charge is -2.24. The molecule has 0 aliphatic heterocycles. The molecule has 3 nitrogen and oxygen atoms in total.